The van der Waals surface area contributed by atoms with Crippen LogP contribution in [0.25, 0.3) is 0 Å². The first kappa shape index (κ1) is 21.5. The van der Waals surface area contributed by atoms with Crippen LogP contribution in [-0.4, -0.2) is 38.2 Å². The van der Waals surface area contributed by atoms with Gasteiger partial charge in [-0.25, -0.2) is 0 Å². The molecule has 0 aromatic carbocycles. The minimum Gasteiger partial charge on any atom is -0.360 e. The average Bonchev–Trinajstić information content (AvgIpc) is 2.86. The minimum absolute atomic E-state index is 0.0948. The lowest BCUT2D eigenvalue weighted by Gasteiger charge is -2.50. The number of pyridine rings is 1. The van der Waals surface area contributed by atoms with E-state index in [-0.39, 0.29) is 11.1 Å². The van der Waals surface area contributed by atoms with Crippen LogP contribution in [-0.2, 0) is 6.54 Å². The van der Waals surface area contributed by atoms with Crippen LogP contribution in [0.1, 0.15) is 84.6 Å². The SMILES string of the molecule is CC1(C)CC(N(Cc2cccnc2)C(=S)NC2CCCCCC2)CC(C)(C)N1. The largest absolute Gasteiger partial charge is 0.360 e. The third-order valence-corrected chi connectivity index (χ3v) is 6.48. The molecule has 0 amide bonds. The lowest BCUT2D eigenvalue weighted by atomic mass is 9.79. The molecular formula is C23H38N4S. The van der Waals surface area contributed by atoms with Crippen molar-refractivity contribution in [2.45, 2.75) is 109 Å². The van der Waals surface area contributed by atoms with Gasteiger partial charge in [0.25, 0.3) is 0 Å². The highest BCUT2D eigenvalue weighted by Gasteiger charge is 2.40. The fourth-order valence-electron chi connectivity index (χ4n) is 5.23. The fraction of sp³-hybridized carbons (Fsp3) is 0.739. The fourth-order valence-corrected chi connectivity index (χ4v) is 5.61. The first-order chi connectivity index (χ1) is 13.2. The zero-order chi connectivity index (χ0) is 20.2. The molecule has 2 heterocycles. The van der Waals surface area contributed by atoms with E-state index in [1.807, 2.05) is 18.5 Å². The zero-order valence-corrected chi connectivity index (χ0v) is 18.9. The Balaban J connectivity index is 1.78. The number of hydrogen-bond donors (Lipinski definition) is 2. The topological polar surface area (TPSA) is 40.2 Å². The molecule has 1 aliphatic heterocycles. The number of aromatic nitrogens is 1. The quantitative estimate of drug-likeness (QED) is 0.560. The standard InChI is InChI=1S/C23H38N4S/c1-22(2)14-20(15-23(3,4)26-22)27(17-18-10-9-13-24-16-18)21(28)25-19-11-7-5-6-8-12-19/h9-10,13,16,19-20,26H,5-8,11-12,14-15,17H2,1-4H3,(H,25,28). The molecule has 156 valence electrons. The van der Waals surface area contributed by atoms with Crippen molar-refractivity contribution >= 4 is 17.3 Å². The summed E-state index contributed by atoms with van der Waals surface area (Å²) in [5.74, 6) is 0. The molecule has 4 nitrogen and oxygen atoms in total. The lowest BCUT2D eigenvalue weighted by Crippen LogP contribution is -2.63. The van der Waals surface area contributed by atoms with Crippen molar-refractivity contribution in [2.75, 3.05) is 0 Å². The van der Waals surface area contributed by atoms with Gasteiger partial charge >= 0.3 is 0 Å². The van der Waals surface area contributed by atoms with Crippen LogP contribution < -0.4 is 10.6 Å². The Hall–Kier alpha value is -1.20. The molecule has 2 aliphatic rings. The molecule has 2 fully saturated rings. The van der Waals surface area contributed by atoms with Gasteiger partial charge in [-0.05, 0) is 77.2 Å². The smallest absolute Gasteiger partial charge is 0.169 e. The second-order valence-corrected chi connectivity index (χ2v) is 10.5. The molecule has 3 rings (SSSR count). The second-order valence-electron chi connectivity index (χ2n) is 10.1. The van der Waals surface area contributed by atoms with E-state index in [0.29, 0.717) is 12.1 Å². The Bertz CT molecular complexity index is 619. The summed E-state index contributed by atoms with van der Waals surface area (Å²) >= 11 is 6.00. The number of nitrogens with one attached hydrogen (secondary N) is 2. The maximum absolute atomic E-state index is 6.00. The molecule has 0 atom stereocenters. The van der Waals surface area contributed by atoms with Gasteiger partial charge in [0.1, 0.15) is 0 Å². The third kappa shape index (κ3) is 6.15. The Morgan fingerprint density at radius 1 is 1.14 bits per heavy atom. The minimum atomic E-state index is 0.0948. The number of thiocarbonyl (C=S) groups is 1. The van der Waals surface area contributed by atoms with Gasteiger partial charge in [-0.2, -0.15) is 0 Å². The summed E-state index contributed by atoms with van der Waals surface area (Å²) in [6.45, 7) is 10.1. The van der Waals surface area contributed by atoms with Crippen LogP contribution in [0.2, 0.25) is 0 Å². The molecule has 28 heavy (non-hydrogen) atoms. The van der Waals surface area contributed by atoms with Gasteiger partial charge in [0.15, 0.2) is 5.11 Å². The second kappa shape index (κ2) is 9.08. The molecule has 1 saturated carbocycles. The van der Waals surface area contributed by atoms with E-state index in [2.05, 4.69) is 54.3 Å². The van der Waals surface area contributed by atoms with Gasteiger partial charge in [-0.3, -0.25) is 4.98 Å². The number of nitrogens with zero attached hydrogens (tertiary/aromatic N) is 2. The summed E-state index contributed by atoms with van der Waals surface area (Å²) in [6.07, 6.45) is 13.8. The molecule has 0 spiro atoms. The Morgan fingerprint density at radius 3 is 2.36 bits per heavy atom. The van der Waals surface area contributed by atoms with Crippen molar-refractivity contribution in [1.82, 2.24) is 20.5 Å². The van der Waals surface area contributed by atoms with Gasteiger partial charge < -0.3 is 15.5 Å². The lowest BCUT2D eigenvalue weighted by molar-refractivity contribution is 0.0990. The van der Waals surface area contributed by atoms with Gasteiger partial charge in [0, 0.05) is 42.1 Å². The summed E-state index contributed by atoms with van der Waals surface area (Å²) in [7, 11) is 0. The van der Waals surface area contributed by atoms with Crippen LogP contribution in [0.3, 0.4) is 0 Å². The summed E-state index contributed by atoms with van der Waals surface area (Å²) < 4.78 is 0. The van der Waals surface area contributed by atoms with Crippen LogP contribution in [0.5, 0.6) is 0 Å². The van der Waals surface area contributed by atoms with E-state index in [4.69, 9.17) is 12.2 Å². The molecule has 0 bridgehead atoms. The normalized spacial score (nSPS) is 23.0. The molecule has 5 heteroatoms. The monoisotopic (exact) mass is 402 g/mol. The Labute approximate surface area is 176 Å². The molecular weight excluding hydrogens is 364 g/mol. The number of piperidine rings is 1. The van der Waals surface area contributed by atoms with Crippen molar-refractivity contribution in [3.8, 4) is 0 Å². The van der Waals surface area contributed by atoms with Gasteiger partial charge in [-0.1, -0.05) is 31.7 Å². The van der Waals surface area contributed by atoms with Crippen LogP contribution in [0.4, 0.5) is 0 Å². The first-order valence-electron chi connectivity index (χ1n) is 11.0. The summed E-state index contributed by atoms with van der Waals surface area (Å²) in [6, 6.07) is 5.11. The maximum atomic E-state index is 6.00. The van der Waals surface area contributed by atoms with E-state index in [0.717, 1.165) is 24.5 Å². The van der Waals surface area contributed by atoms with Crippen LogP contribution >= 0.6 is 12.2 Å². The molecule has 0 unspecified atom stereocenters. The highest BCUT2D eigenvalue weighted by Crippen LogP contribution is 2.32. The van der Waals surface area contributed by atoms with Gasteiger partial charge in [-0.15, -0.1) is 0 Å². The van der Waals surface area contributed by atoms with E-state index < -0.39 is 0 Å². The number of hydrogen-bond acceptors (Lipinski definition) is 3. The first-order valence-corrected chi connectivity index (χ1v) is 11.4. The molecule has 1 aromatic heterocycles. The summed E-state index contributed by atoms with van der Waals surface area (Å²) in [5, 5.41) is 8.48. The summed E-state index contributed by atoms with van der Waals surface area (Å²) in [4.78, 5) is 6.77. The number of rotatable bonds is 4. The third-order valence-electron chi connectivity index (χ3n) is 6.13. The van der Waals surface area contributed by atoms with E-state index >= 15 is 0 Å². The van der Waals surface area contributed by atoms with E-state index in [1.54, 1.807) is 0 Å². The molecule has 1 aliphatic carbocycles. The average molecular weight is 403 g/mol. The highest BCUT2D eigenvalue weighted by molar-refractivity contribution is 7.80. The van der Waals surface area contributed by atoms with Crippen molar-refractivity contribution in [3.63, 3.8) is 0 Å². The maximum Gasteiger partial charge on any atom is 0.169 e. The highest BCUT2D eigenvalue weighted by atomic mass is 32.1. The predicted octanol–water partition coefficient (Wildman–Crippen LogP) is 4.79. The van der Waals surface area contributed by atoms with Gasteiger partial charge in [0.2, 0.25) is 0 Å². The van der Waals surface area contributed by atoms with Crippen molar-refractivity contribution in [2.24, 2.45) is 0 Å². The summed E-state index contributed by atoms with van der Waals surface area (Å²) in [5.41, 5.74) is 1.41. The van der Waals surface area contributed by atoms with E-state index in [1.165, 1.54) is 44.1 Å². The van der Waals surface area contributed by atoms with E-state index in [9.17, 15) is 0 Å². The Morgan fingerprint density at radius 2 is 1.79 bits per heavy atom. The zero-order valence-electron chi connectivity index (χ0n) is 18.1. The van der Waals surface area contributed by atoms with Crippen molar-refractivity contribution in [1.29, 1.82) is 0 Å². The van der Waals surface area contributed by atoms with Crippen LogP contribution in [0, 0.1) is 0 Å². The molecule has 1 saturated heterocycles. The predicted molar refractivity (Wildman–Crippen MR) is 121 cm³/mol. The van der Waals surface area contributed by atoms with Gasteiger partial charge in [0.05, 0.1) is 0 Å². The van der Waals surface area contributed by atoms with Crippen molar-refractivity contribution < 1.29 is 0 Å². The Kier molecular flexibility index (Phi) is 6.98. The van der Waals surface area contributed by atoms with Crippen molar-refractivity contribution in [3.05, 3.63) is 30.1 Å². The molecule has 0 radical (unpaired) electrons. The molecule has 1 aromatic rings. The molecule has 2 N–H and O–H groups in total. The van der Waals surface area contributed by atoms with Crippen LogP contribution in [0.15, 0.2) is 24.5 Å².